The summed E-state index contributed by atoms with van der Waals surface area (Å²) in [7, 11) is 1.57. The molecule has 0 aliphatic heterocycles. The van der Waals surface area contributed by atoms with Gasteiger partial charge in [-0.15, -0.1) is 21.5 Å². The fourth-order valence-electron chi connectivity index (χ4n) is 1.76. The Morgan fingerprint density at radius 2 is 2.30 bits per heavy atom. The maximum absolute atomic E-state index is 11.7. The lowest BCUT2D eigenvalue weighted by molar-refractivity contribution is -0.119. The monoisotopic (exact) mass is 355 g/mol. The van der Waals surface area contributed by atoms with Crippen molar-refractivity contribution < 1.29 is 14.3 Å². The summed E-state index contributed by atoms with van der Waals surface area (Å²) in [5.74, 6) is 0.110. The van der Waals surface area contributed by atoms with Crippen molar-refractivity contribution in [3.05, 3.63) is 17.5 Å². The first-order chi connectivity index (χ1) is 11.1. The van der Waals surface area contributed by atoms with E-state index in [1.165, 1.54) is 23.1 Å². The van der Waals surface area contributed by atoms with E-state index in [-0.39, 0.29) is 18.2 Å². The number of thioether (sulfide) groups is 1. The number of nitrogens with one attached hydrogen (secondary N) is 1. The third-order valence-electron chi connectivity index (χ3n) is 2.73. The third-order valence-corrected chi connectivity index (χ3v) is 4.57. The van der Waals surface area contributed by atoms with Gasteiger partial charge in [0.15, 0.2) is 11.0 Å². The zero-order valence-electron chi connectivity index (χ0n) is 12.5. The van der Waals surface area contributed by atoms with Gasteiger partial charge < -0.3 is 15.8 Å². The summed E-state index contributed by atoms with van der Waals surface area (Å²) < 4.78 is 6.49. The number of primary amides is 1. The minimum Gasteiger partial charge on any atom is -0.383 e. The van der Waals surface area contributed by atoms with E-state index in [9.17, 15) is 9.59 Å². The molecule has 0 aliphatic carbocycles. The van der Waals surface area contributed by atoms with Crippen LogP contribution in [-0.2, 0) is 20.9 Å². The molecule has 2 heterocycles. The number of carbonyl (C=O) groups excluding carboxylic acids is 2. The molecule has 10 heteroatoms. The summed E-state index contributed by atoms with van der Waals surface area (Å²) in [5.41, 5.74) is 5.30. The lowest BCUT2D eigenvalue weighted by atomic mass is 10.4. The minimum atomic E-state index is -0.492. The smallest absolute Gasteiger partial charge is 0.237 e. The quantitative estimate of drug-likeness (QED) is 0.496. The van der Waals surface area contributed by atoms with Gasteiger partial charge in [0, 0.05) is 13.7 Å². The van der Waals surface area contributed by atoms with Crippen LogP contribution in [0.25, 0.3) is 10.7 Å². The summed E-state index contributed by atoms with van der Waals surface area (Å²) in [6.45, 7) is 0.870. The predicted octanol–water partition coefficient (Wildman–Crippen LogP) is 0.347. The summed E-state index contributed by atoms with van der Waals surface area (Å²) in [6, 6.07) is 3.78. The van der Waals surface area contributed by atoms with Crippen molar-refractivity contribution in [2.24, 2.45) is 5.73 Å². The summed E-state index contributed by atoms with van der Waals surface area (Å²) in [4.78, 5) is 23.9. The van der Waals surface area contributed by atoms with Crippen molar-refractivity contribution in [1.82, 2.24) is 20.1 Å². The van der Waals surface area contributed by atoms with Crippen LogP contribution in [0.3, 0.4) is 0 Å². The molecule has 124 valence electrons. The van der Waals surface area contributed by atoms with Crippen LogP contribution in [0.5, 0.6) is 0 Å². The first kappa shape index (κ1) is 17.4. The van der Waals surface area contributed by atoms with Gasteiger partial charge in [-0.05, 0) is 11.4 Å². The molecule has 2 aromatic heterocycles. The Kier molecular flexibility index (Phi) is 6.56. The highest BCUT2D eigenvalue weighted by molar-refractivity contribution is 7.99. The molecule has 23 heavy (non-hydrogen) atoms. The normalized spacial score (nSPS) is 10.7. The molecular weight excluding hydrogens is 338 g/mol. The number of methoxy groups -OCH3 is 1. The van der Waals surface area contributed by atoms with Crippen LogP contribution in [-0.4, -0.2) is 52.6 Å². The number of amides is 2. The van der Waals surface area contributed by atoms with E-state index in [1.807, 2.05) is 17.5 Å². The Hall–Kier alpha value is -1.91. The molecule has 3 N–H and O–H groups in total. The van der Waals surface area contributed by atoms with Crippen molar-refractivity contribution in [2.45, 2.75) is 11.7 Å². The molecule has 0 unspecified atom stereocenters. The van der Waals surface area contributed by atoms with Crippen molar-refractivity contribution in [3.8, 4) is 10.7 Å². The van der Waals surface area contributed by atoms with Crippen LogP contribution in [0.2, 0.25) is 0 Å². The molecule has 2 amide bonds. The number of nitrogens with two attached hydrogens (primary N) is 1. The van der Waals surface area contributed by atoms with Gasteiger partial charge in [0.2, 0.25) is 11.8 Å². The van der Waals surface area contributed by atoms with Crippen LogP contribution >= 0.6 is 23.1 Å². The van der Waals surface area contributed by atoms with Crippen molar-refractivity contribution >= 4 is 34.9 Å². The van der Waals surface area contributed by atoms with Gasteiger partial charge in [0.05, 0.1) is 17.2 Å². The minimum absolute atomic E-state index is 0.0339. The van der Waals surface area contributed by atoms with Crippen molar-refractivity contribution in [3.63, 3.8) is 0 Å². The number of hydrogen-bond donors (Lipinski definition) is 2. The Bertz CT molecular complexity index is 657. The first-order valence-electron chi connectivity index (χ1n) is 6.75. The second-order valence-corrected chi connectivity index (χ2v) is 6.36. The predicted molar refractivity (Wildman–Crippen MR) is 88.1 cm³/mol. The van der Waals surface area contributed by atoms with Crippen molar-refractivity contribution in [2.75, 3.05) is 26.0 Å². The second-order valence-electron chi connectivity index (χ2n) is 4.47. The number of carbonyl (C=O) groups is 2. The number of nitrogens with zero attached hydrogens (tertiary/aromatic N) is 3. The molecule has 0 saturated carbocycles. The van der Waals surface area contributed by atoms with E-state index < -0.39 is 5.91 Å². The zero-order chi connectivity index (χ0) is 16.7. The maximum atomic E-state index is 11.7. The number of ether oxygens (including phenoxy) is 1. The number of rotatable bonds is 9. The Morgan fingerprint density at radius 1 is 1.48 bits per heavy atom. The van der Waals surface area contributed by atoms with Gasteiger partial charge in [0.25, 0.3) is 0 Å². The van der Waals surface area contributed by atoms with E-state index in [0.717, 1.165) is 4.88 Å². The summed E-state index contributed by atoms with van der Waals surface area (Å²) >= 11 is 2.70. The second kappa shape index (κ2) is 8.65. The van der Waals surface area contributed by atoms with Gasteiger partial charge in [-0.2, -0.15) is 0 Å². The molecule has 0 fully saturated rings. The van der Waals surface area contributed by atoms with Gasteiger partial charge in [-0.1, -0.05) is 17.8 Å². The summed E-state index contributed by atoms with van der Waals surface area (Å²) in [6.07, 6.45) is 0. The van der Waals surface area contributed by atoms with Crippen LogP contribution in [0.4, 0.5) is 0 Å². The molecule has 0 radical (unpaired) electrons. The van der Waals surface area contributed by atoms with Gasteiger partial charge in [0.1, 0.15) is 6.54 Å². The number of aromatic nitrogens is 3. The fraction of sp³-hybridized carbons (Fsp3) is 0.385. The van der Waals surface area contributed by atoms with Crippen molar-refractivity contribution in [1.29, 1.82) is 0 Å². The van der Waals surface area contributed by atoms with Gasteiger partial charge >= 0.3 is 0 Å². The lowest BCUT2D eigenvalue weighted by Gasteiger charge is -2.07. The highest BCUT2D eigenvalue weighted by atomic mass is 32.2. The Labute approximate surface area is 141 Å². The van der Waals surface area contributed by atoms with Gasteiger partial charge in [-0.25, -0.2) is 0 Å². The van der Waals surface area contributed by atoms with E-state index in [4.69, 9.17) is 10.5 Å². The highest BCUT2D eigenvalue weighted by Gasteiger charge is 2.17. The largest absolute Gasteiger partial charge is 0.383 e. The molecule has 0 aromatic carbocycles. The molecule has 8 nitrogen and oxygen atoms in total. The Balaban J connectivity index is 2.06. The topological polar surface area (TPSA) is 112 Å². The van der Waals surface area contributed by atoms with Crippen LogP contribution in [0.1, 0.15) is 0 Å². The Morgan fingerprint density at radius 3 is 2.96 bits per heavy atom. The fourth-order valence-corrected chi connectivity index (χ4v) is 3.24. The van der Waals surface area contributed by atoms with E-state index in [0.29, 0.717) is 24.1 Å². The number of thiophene rings is 1. The average Bonchev–Trinajstić information content (AvgIpc) is 3.14. The molecule has 0 spiro atoms. The van der Waals surface area contributed by atoms with Gasteiger partial charge in [-0.3, -0.25) is 14.2 Å². The molecule has 2 aromatic rings. The maximum Gasteiger partial charge on any atom is 0.237 e. The summed E-state index contributed by atoms with van der Waals surface area (Å²) in [5, 5.41) is 13.3. The lowest BCUT2D eigenvalue weighted by Crippen LogP contribution is -2.28. The molecular formula is C13H17N5O3S2. The van der Waals surface area contributed by atoms with E-state index in [1.54, 1.807) is 11.7 Å². The molecule has 0 atom stereocenters. The molecule has 2 rings (SSSR count). The van der Waals surface area contributed by atoms with Crippen LogP contribution in [0.15, 0.2) is 22.7 Å². The highest BCUT2D eigenvalue weighted by Crippen LogP contribution is 2.26. The zero-order valence-corrected chi connectivity index (χ0v) is 14.2. The molecule has 0 saturated heterocycles. The van der Waals surface area contributed by atoms with Crippen LogP contribution < -0.4 is 11.1 Å². The SMILES string of the molecule is COCCNC(=O)CSc1nnc(-c2cccs2)n1CC(N)=O. The standard InChI is InChI=1S/C13H17N5O3S2/c1-21-5-4-15-11(20)8-23-13-17-16-12(9-3-2-6-22-9)18(13)7-10(14)19/h2-3,6H,4-5,7-8H2,1H3,(H2,14,19)(H,15,20). The molecule has 0 bridgehead atoms. The van der Waals surface area contributed by atoms with E-state index >= 15 is 0 Å². The average molecular weight is 355 g/mol. The van der Waals surface area contributed by atoms with Crippen LogP contribution in [0, 0.1) is 0 Å². The number of hydrogen-bond acceptors (Lipinski definition) is 7. The molecule has 0 aliphatic rings. The third kappa shape index (κ3) is 5.05. The first-order valence-corrected chi connectivity index (χ1v) is 8.62. The van der Waals surface area contributed by atoms with E-state index in [2.05, 4.69) is 15.5 Å².